The van der Waals surface area contributed by atoms with Crippen molar-refractivity contribution in [3.8, 4) is 17.2 Å². The van der Waals surface area contributed by atoms with E-state index in [4.69, 9.17) is 14.2 Å². The van der Waals surface area contributed by atoms with E-state index in [1.54, 1.807) is 50.6 Å². The normalized spacial score (nSPS) is 9.92. The molecule has 0 aliphatic heterocycles. The number of hydrogen-bond acceptors (Lipinski definition) is 4. The molecule has 0 radical (unpaired) electrons. The zero-order valence-electron chi connectivity index (χ0n) is 13.9. The van der Waals surface area contributed by atoms with E-state index in [2.05, 4.69) is 11.9 Å². The molecule has 5 heteroatoms. The Kier molecular flexibility index (Phi) is 6.25. The summed E-state index contributed by atoms with van der Waals surface area (Å²) < 4.78 is 15.9. The van der Waals surface area contributed by atoms with Gasteiger partial charge >= 0.3 is 0 Å². The first kappa shape index (κ1) is 17.4. The molecule has 0 heterocycles. The van der Waals surface area contributed by atoms with Crippen LogP contribution >= 0.6 is 0 Å². The average molecular weight is 327 g/mol. The van der Waals surface area contributed by atoms with E-state index in [9.17, 15) is 4.79 Å². The number of rotatable bonds is 8. The molecule has 2 aromatic carbocycles. The van der Waals surface area contributed by atoms with Gasteiger partial charge in [0.1, 0.15) is 23.9 Å². The lowest BCUT2D eigenvalue weighted by Gasteiger charge is -2.11. The highest BCUT2D eigenvalue weighted by molar-refractivity contribution is 5.94. The Labute approximate surface area is 141 Å². The summed E-state index contributed by atoms with van der Waals surface area (Å²) in [5.74, 6) is 1.91. The summed E-state index contributed by atoms with van der Waals surface area (Å²) in [5, 5.41) is 2.87. The molecular weight excluding hydrogens is 306 g/mol. The Morgan fingerprint density at radius 1 is 1.08 bits per heavy atom. The van der Waals surface area contributed by atoms with Crippen LogP contribution in [0.2, 0.25) is 0 Å². The maximum Gasteiger partial charge on any atom is 0.251 e. The van der Waals surface area contributed by atoms with Gasteiger partial charge in [0.15, 0.2) is 0 Å². The van der Waals surface area contributed by atoms with Gasteiger partial charge in [0.25, 0.3) is 5.91 Å². The third-order valence-corrected chi connectivity index (χ3v) is 3.42. The van der Waals surface area contributed by atoms with Gasteiger partial charge in [-0.2, -0.15) is 0 Å². The fourth-order valence-electron chi connectivity index (χ4n) is 2.13. The Morgan fingerprint density at radius 3 is 2.42 bits per heavy atom. The largest absolute Gasteiger partial charge is 0.497 e. The molecule has 0 aromatic heterocycles. The fourth-order valence-corrected chi connectivity index (χ4v) is 2.13. The van der Waals surface area contributed by atoms with Crippen LogP contribution in [0.1, 0.15) is 15.9 Å². The van der Waals surface area contributed by atoms with Crippen LogP contribution in [0.5, 0.6) is 17.2 Å². The molecule has 0 bridgehead atoms. The lowest BCUT2D eigenvalue weighted by Crippen LogP contribution is -2.23. The number of carbonyl (C=O) groups excluding carboxylic acids is 1. The number of benzene rings is 2. The van der Waals surface area contributed by atoms with Crippen molar-refractivity contribution in [2.45, 2.75) is 6.54 Å². The average Bonchev–Trinajstić information content (AvgIpc) is 2.64. The highest BCUT2D eigenvalue weighted by Crippen LogP contribution is 2.24. The minimum atomic E-state index is -0.164. The second-order valence-electron chi connectivity index (χ2n) is 4.98. The van der Waals surface area contributed by atoms with Crippen LogP contribution in [0.3, 0.4) is 0 Å². The Bertz CT molecular complexity index is 695. The van der Waals surface area contributed by atoms with Crippen LogP contribution in [-0.2, 0) is 6.54 Å². The molecule has 0 fully saturated rings. The number of carbonyl (C=O) groups is 1. The van der Waals surface area contributed by atoms with Crippen molar-refractivity contribution >= 4 is 5.91 Å². The van der Waals surface area contributed by atoms with Crippen molar-refractivity contribution in [3.05, 3.63) is 66.2 Å². The summed E-state index contributed by atoms with van der Waals surface area (Å²) in [7, 11) is 3.18. The summed E-state index contributed by atoms with van der Waals surface area (Å²) >= 11 is 0. The van der Waals surface area contributed by atoms with E-state index in [1.807, 2.05) is 12.1 Å². The summed E-state index contributed by atoms with van der Waals surface area (Å²) in [6, 6.07) is 12.4. The molecule has 2 aromatic rings. The lowest BCUT2D eigenvalue weighted by atomic mass is 10.1. The van der Waals surface area contributed by atoms with Gasteiger partial charge in [-0.1, -0.05) is 12.7 Å². The van der Waals surface area contributed by atoms with Gasteiger partial charge in [-0.15, -0.1) is 0 Å². The molecule has 0 unspecified atom stereocenters. The van der Waals surface area contributed by atoms with Gasteiger partial charge in [-0.3, -0.25) is 4.79 Å². The standard InChI is InChI=1S/C19H21NO4/c1-4-11-24-16-8-5-14(6-9-16)19(21)20-13-15-7-10-17(22-2)12-18(15)23-3/h4-10,12H,1,11,13H2,2-3H3,(H,20,21). The molecule has 0 saturated heterocycles. The number of nitrogens with one attached hydrogen (secondary N) is 1. The molecule has 24 heavy (non-hydrogen) atoms. The highest BCUT2D eigenvalue weighted by Gasteiger charge is 2.09. The van der Waals surface area contributed by atoms with E-state index < -0.39 is 0 Å². The predicted octanol–water partition coefficient (Wildman–Crippen LogP) is 3.20. The Morgan fingerprint density at radius 2 is 1.79 bits per heavy atom. The summed E-state index contributed by atoms with van der Waals surface area (Å²) in [5.41, 5.74) is 1.44. The zero-order valence-corrected chi connectivity index (χ0v) is 13.9. The van der Waals surface area contributed by atoms with E-state index in [0.717, 1.165) is 5.56 Å². The summed E-state index contributed by atoms with van der Waals surface area (Å²) in [6.45, 7) is 4.39. The molecule has 1 N–H and O–H groups in total. The van der Waals surface area contributed by atoms with Crippen molar-refractivity contribution in [1.29, 1.82) is 0 Å². The van der Waals surface area contributed by atoms with Gasteiger partial charge in [0.2, 0.25) is 0 Å². The maximum atomic E-state index is 12.2. The summed E-state index contributed by atoms with van der Waals surface area (Å²) in [4.78, 5) is 12.2. The molecule has 0 aliphatic carbocycles. The number of hydrogen-bond donors (Lipinski definition) is 1. The van der Waals surface area contributed by atoms with Crippen LogP contribution in [0.15, 0.2) is 55.1 Å². The molecule has 0 saturated carbocycles. The first-order valence-electron chi connectivity index (χ1n) is 7.50. The van der Waals surface area contributed by atoms with Crippen molar-refractivity contribution in [2.75, 3.05) is 20.8 Å². The van der Waals surface area contributed by atoms with Crippen LogP contribution < -0.4 is 19.5 Å². The van der Waals surface area contributed by atoms with Crippen molar-refractivity contribution in [1.82, 2.24) is 5.32 Å². The van der Waals surface area contributed by atoms with Gasteiger partial charge in [-0.05, 0) is 36.4 Å². The monoisotopic (exact) mass is 327 g/mol. The molecule has 126 valence electrons. The second kappa shape index (κ2) is 8.62. The summed E-state index contributed by atoms with van der Waals surface area (Å²) in [6.07, 6.45) is 1.67. The lowest BCUT2D eigenvalue weighted by molar-refractivity contribution is 0.0950. The second-order valence-corrected chi connectivity index (χ2v) is 4.98. The molecule has 0 spiro atoms. The molecular formula is C19H21NO4. The fraction of sp³-hybridized carbons (Fsp3) is 0.211. The SMILES string of the molecule is C=CCOc1ccc(C(=O)NCc2ccc(OC)cc2OC)cc1. The maximum absolute atomic E-state index is 12.2. The Balaban J connectivity index is 1.98. The van der Waals surface area contributed by atoms with Gasteiger partial charge in [-0.25, -0.2) is 0 Å². The molecule has 5 nitrogen and oxygen atoms in total. The molecule has 0 atom stereocenters. The van der Waals surface area contributed by atoms with E-state index in [1.165, 1.54) is 0 Å². The quantitative estimate of drug-likeness (QED) is 0.757. The first-order chi connectivity index (χ1) is 11.7. The van der Waals surface area contributed by atoms with Crippen molar-refractivity contribution < 1.29 is 19.0 Å². The van der Waals surface area contributed by atoms with Crippen LogP contribution in [0.25, 0.3) is 0 Å². The molecule has 2 rings (SSSR count). The van der Waals surface area contributed by atoms with Crippen LogP contribution in [-0.4, -0.2) is 26.7 Å². The minimum Gasteiger partial charge on any atom is -0.497 e. The van der Waals surface area contributed by atoms with E-state index in [-0.39, 0.29) is 5.91 Å². The minimum absolute atomic E-state index is 0.164. The molecule has 0 aliphatic rings. The first-order valence-corrected chi connectivity index (χ1v) is 7.50. The third-order valence-electron chi connectivity index (χ3n) is 3.42. The van der Waals surface area contributed by atoms with Gasteiger partial charge < -0.3 is 19.5 Å². The Hall–Kier alpha value is -2.95. The van der Waals surface area contributed by atoms with Crippen molar-refractivity contribution in [3.63, 3.8) is 0 Å². The van der Waals surface area contributed by atoms with Gasteiger partial charge in [0.05, 0.1) is 14.2 Å². The van der Waals surface area contributed by atoms with Gasteiger partial charge in [0, 0.05) is 23.7 Å². The van der Waals surface area contributed by atoms with Crippen LogP contribution in [0, 0.1) is 0 Å². The molecule has 1 amide bonds. The predicted molar refractivity (Wildman–Crippen MR) is 92.9 cm³/mol. The third kappa shape index (κ3) is 4.52. The van der Waals surface area contributed by atoms with Crippen molar-refractivity contribution in [2.24, 2.45) is 0 Å². The highest BCUT2D eigenvalue weighted by atomic mass is 16.5. The van der Waals surface area contributed by atoms with Crippen LogP contribution in [0.4, 0.5) is 0 Å². The topological polar surface area (TPSA) is 56.8 Å². The van der Waals surface area contributed by atoms with E-state index in [0.29, 0.717) is 36.0 Å². The smallest absolute Gasteiger partial charge is 0.251 e. The number of ether oxygens (including phenoxy) is 3. The number of amides is 1. The number of methoxy groups -OCH3 is 2. The van der Waals surface area contributed by atoms with E-state index >= 15 is 0 Å². The zero-order chi connectivity index (χ0) is 17.4.